The lowest BCUT2D eigenvalue weighted by Crippen LogP contribution is -2.41. The van der Waals surface area contributed by atoms with Crippen molar-refractivity contribution in [1.82, 2.24) is 4.90 Å². The number of ether oxygens (including phenoxy) is 2. The monoisotopic (exact) mass is 313 g/mol. The van der Waals surface area contributed by atoms with Gasteiger partial charge in [0.1, 0.15) is 13.3 Å². The van der Waals surface area contributed by atoms with Crippen molar-refractivity contribution in [1.29, 1.82) is 0 Å². The van der Waals surface area contributed by atoms with Gasteiger partial charge in [-0.3, -0.25) is 4.90 Å². The summed E-state index contributed by atoms with van der Waals surface area (Å²) in [5.41, 5.74) is 1.95. The first-order valence-electron chi connectivity index (χ1n) is 7.55. The summed E-state index contributed by atoms with van der Waals surface area (Å²) >= 11 is 0. The highest BCUT2D eigenvalue weighted by atomic mass is 16.6. The summed E-state index contributed by atoms with van der Waals surface area (Å²) in [6, 6.07) is 18.7. The quantitative estimate of drug-likeness (QED) is 0.942. The van der Waals surface area contributed by atoms with E-state index in [0.29, 0.717) is 6.42 Å². The largest absolute Gasteiger partial charge is 0.444 e. The van der Waals surface area contributed by atoms with Crippen LogP contribution in [-0.2, 0) is 22.5 Å². The summed E-state index contributed by atoms with van der Waals surface area (Å²) in [6.45, 7) is 0.233. The summed E-state index contributed by atoms with van der Waals surface area (Å²) in [6.07, 6.45) is -0.964. The van der Waals surface area contributed by atoms with E-state index in [1.165, 1.54) is 4.90 Å². The van der Waals surface area contributed by atoms with Gasteiger partial charge in [0, 0.05) is 0 Å². The molecular formula is C18H19NO4. The molecule has 0 aliphatic carbocycles. The van der Waals surface area contributed by atoms with Crippen LogP contribution in [0, 0.1) is 0 Å². The maximum absolute atomic E-state index is 12.3. The van der Waals surface area contributed by atoms with Gasteiger partial charge in [0.05, 0.1) is 6.04 Å². The fourth-order valence-corrected chi connectivity index (χ4v) is 2.57. The molecule has 1 fully saturated rings. The fraction of sp³-hybridized carbons (Fsp3) is 0.278. The summed E-state index contributed by atoms with van der Waals surface area (Å²) in [5, 5.41) is 9.98. The first kappa shape index (κ1) is 15.5. The van der Waals surface area contributed by atoms with Crippen LogP contribution in [0.3, 0.4) is 0 Å². The topological polar surface area (TPSA) is 59.0 Å². The van der Waals surface area contributed by atoms with Gasteiger partial charge in [-0.25, -0.2) is 4.79 Å². The van der Waals surface area contributed by atoms with Crippen molar-refractivity contribution in [2.75, 3.05) is 6.73 Å². The second-order valence-corrected chi connectivity index (χ2v) is 5.45. The summed E-state index contributed by atoms with van der Waals surface area (Å²) in [7, 11) is 0. The second-order valence-electron chi connectivity index (χ2n) is 5.45. The number of hydrogen-bond acceptors (Lipinski definition) is 4. The predicted octanol–water partition coefficient (Wildman–Crippen LogP) is 2.54. The van der Waals surface area contributed by atoms with Crippen LogP contribution in [0.15, 0.2) is 60.7 Å². The lowest BCUT2D eigenvalue weighted by Gasteiger charge is -2.23. The molecule has 1 N–H and O–H groups in total. The SMILES string of the molecule is O=C(OCc1ccccc1)N1COC(O)C1Cc1ccccc1. The molecule has 1 saturated heterocycles. The molecule has 2 aromatic rings. The Labute approximate surface area is 135 Å². The van der Waals surface area contributed by atoms with Crippen molar-refractivity contribution < 1.29 is 19.4 Å². The first-order chi connectivity index (χ1) is 11.2. The summed E-state index contributed by atoms with van der Waals surface area (Å²) in [4.78, 5) is 13.7. The van der Waals surface area contributed by atoms with Crippen LogP contribution in [0.4, 0.5) is 4.79 Å². The van der Waals surface area contributed by atoms with Crippen LogP contribution < -0.4 is 0 Å². The molecule has 2 aromatic carbocycles. The standard InChI is InChI=1S/C18H19NO4/c20-17-16(11-14-7-3-1-4-8-14)19(13-23-17)18(21)22-12-15-9-5-2-6-10-15/h1-10,16-17,20H,11-13H2. The van der Waals surface area contributed by atoms with Crippen LogP contribution >= 0.6 is 0 Å². The number of nitrogens with zero attached hydrogens (tertiary/aromatic N) is 1. The van der Waals surface area contributed by atoms with E-state index in [4.69, 9.17) is 9.47 Å². The first-order valence-corrected chi connectivity index (χ1v) is 7.55. The van der Waals surface area contributed by atoms with Crippen molar-refractivity contribution in [3.8, 4) is 0 Å². The van der Waals surface area contributed by atoms with Gasteiger partial charge < -0.3 is 14.6 Å². The molecule has 2 unspecified atom stereocenters. The molecule has 1 amide bonds. The molecule has 2 atom stereocenters. The minimum Gasteiger partial charge on any atom is -0.444 e. The zero-order valence-corrected chi connectivity index (χ0v) is 12.7. The Bertz CT molecular complexity index is 632. The van der Waals surface area contributed by atoms with Crippen molar-refractivity contribution in [2.45, 2.75) is 25.4 Å². The van der Waals surface area contributed by atoms with Gasteiger partial charge in [0.15, 0.2) is 6.29 Å². The molecule has 0 radical (unpaired) electrons. The normalized spacial score (nSPS) is 20.5. The number of amides is 1. The Morgan fingerprint density at radius 3 is 2.35 bits per heavy atom. The Balaban J connectivity index is 1.62. The number of carbonyl (C=O) groups excluding carboxylic acids is 1. The third kappa shape index (κ3) is 3.88. The minimum atomic E-state index is -1.00. The maximum Gasteiger partial charge on any atom is 0.412 e. The van der Waals surface area contributed by atoms with Crippen LogP contribution in [-0.4, -0.2) is 35.2 Å². The van der Waals surface area contributed by atoms with Gasteiger partial charge in [0.25, 0.3) is 0 Å². The van der Waals surface area contributed by atoms with E-state index in [-0.39, 0.29) is 13.3 Å². The Morgan fingerprint density at radius 1 is 1.09 bits per heavy atom. The number of rotatable bonds is 4. The molecule has 5 nitrogen and oxygen atoms in total. The van der Waals surface area contributed by atoms with E-state index in [1.807, 2.05) is 60.7 Å². The van der Waals surface area contributed by atoms with Gasteiger partial charge >= 0.3 is 6.09 Å². The minimum absolute atomic E-state index is 0.0340. The summed E-state index contributed by atoms with van der Waals surface area (Å²) in [5.74, 6) is 0. The lowest BCUT2D eigenvalue weighted by atomic mass is 10.1. The van der Waals surface area contributed by atoms with Crippen LogP contribution in [0.1, 0.15) is 11.1 Å². The Morgan fingerprint density at radius 2 is 1.70 bits per heavy atom. The van der Waals surface area contributed by atoms with Crippen LogP contribution in [0.5, 0.6) is 0 Å². The van der Waals surface area contributed by atoms with E-state index in [1.54, 1.807) is 0 Å². The van der Waals surface area contributed by atoms with Crippen molar-refractivity contribution in [3.63, 3.8) is 0 Å². The average molecular weight is 313 g/mol. The smallest absolute Gasteiger partial charge is 0.412 e. The molecule has 120 valence electrons. The van der Waals surface area contributed by atoms with Gasteiger partial charge in [-0.1, -0.05) is 60.7 Å². The number of carbonyl (C=O) groups is 1. The number of hydrogen-bond donors (Lipinski definition) is 1. The maximum atomic E-state index is 12.3. The zero-order chi connectivity index (χ0) is 16.1. The number of aliphatic hydroxyl groups excluding tert-OH is 1. The molecule has 0 spiro atoms. The van der Waals surface area contributed by atoms with Crippen molar-refractivity contribution in [2.24, 2.45) is 0 Å². The van der Waals surface area contributed by atoms with E-state index in [9.17, 15) is 9.90 Å². The zero-order valence-electron chi connectivity index (χ0n) is 12.7. The van der Waals surface area contributed by atoms with Gasteiger partial charge in [-0.15, -0.1) is 0 Å². The highest BCUT2D eigenvalue weighted by Gasteiger charge is 2.37. The third-order valence-electron chi connectivity index (χ3n) is 3.84. The molecule has 0 bridgehead atoms. The third-order valence-corrected chi connectivity index (χ3v) is 3.84. The Hall–Kier alpha value is -2.37. The van der Waals surface area contributed by atoms with Crippen molar-refractivity contribution >= 4 is 6.09 Å². The highest BCUT2D eigenvalue weighted by Crippen LogP contribution is 2.21. The fourth-order valence-electron chi connectivity index (χ4n) is 2.57. The molecule has 0 saturated carbocycles. The Kier molecular flexibility index (Phi) is 4.90. The molecule has 1 aliphatic rings. The molecular weight excluding hydrogens is 294 g/mol. The van der Waals surface area contributed by atoms with Crippen molar-refractivity contribution in [3.05, 3.63) is 71.8 Å². The number of benzene rings is 2. The molecule has 1 heterocycles. The summed E-state index contributed by atoms with van der Waals surface area (Å²) < 4.78 is 10.5. The molecule has 5 heteroatoms. The van der Waals surface area contributed by atoms with E-state index in [0.717, 1.165) is 11.1 Å². The van der Waals surface area contributed by atoms with Crippen LogP contribution in [0.2, 0.25) is 0 Å². The average Bonchev–Trinajstić information content (AvgIpc) is 2.95. The molecule has 1 aliphatic heterocycles. The van der Waals surface area contributed by atoms with Crippen LogP contribution in [0.25, 0.3) is 0 Å². The molecule has 23 heavy (non-hydrogen) atoms. The second kappa shape index (κ2) is 7.26. The lowest BCUT2D eigenvalue weighted by molar-refractivity contribution is -0.0671. The van der Waals surface area contributed by atoms with Gasteiger partial charge in [-0.05, 0) is 17.5 Å². The highest BCUT2D eigenvalue weighted by molar-refractivity contribution is 5.68. The molecule has 3 rings (SSSR count). The molecule has 0 aromatic heterocycles. The van der Waals surface area contributed by atoms with E-state index in [2.05, 4.69) is 0 Å². The predicted molar refractivity (Wildman–Crippen MR) is 84.4 cm³/mol. The van der Waals surface area contributed by atoms with Gasteiger partial charge in [-0.2, -0.15) is 0 Å². The van der Waals surface area contributed by atoms with E-state index < -0.39 is 18.4 Å². The number of aliphatic hydroxyl groups is 1. The van der Waals surface area contributed by atoms with Gasteiger partial charge in [0.2, 0.25) is 0 Å². The van der Waals surface area contributed by atoms with E-state index >= 15 is 0 Å².